The molecule has 2 saturated carbocycles. The van der Waals surface area contributed by atoms with Crippen molar-refractivity contribution in [3.8, 4) is 22.4 Å². The highest BCUT2D eigenvalue weighted by atomic mass is 16.5. The summed E-state index contributed by atoms with van der Waals surface area (Å²) in [6.07, 6.45) is 11.2. The number of hydrogen-bond donors (Lipinski definition) is 2. The minimum Gasteiger partial charge on any atom is -0.381 e. The van der Waals surface area contributed by atoms with Gasteiger partial charge in [-0.15, -0.1) is 0 Å². The van der Waals surface area contributed by atoms with Crippen LogP contribution in [-0.2, 0) is 19.1 Å². The van der Waals surface area contributed by atoms with Gasteiger partial charge in [0, 0.05) is 68.9 Å². The number of H-pyrrole nitrogens is 1. The Labute approximate surface area is 321 Å². The number of aromatic nitrogens is 2. The number of aliphatic imine (C=N–C) groups is 1. The Morgan fingerprint density at radius 2 is 1.31 bits per heavy atom. The number of nitrogens with zero attached hydrogens (tertiary/aromatic N) is 2. The van der Waals surface area contributed by atoms with E-state index in [9.17, 15) is 9.59 Å². The molecule has 2 saturated heterocycles. The maximum atomic E-state index is 13.5. The summed E-state index contributed by atoms with van der Waals surface area (Å²) in [7, 11) is 0. The van der Waals surface area contributed by atoms with Crippen molar-refractivity contribution < 1.29 is 19.1 Å². The second kappa shape index (κ2) is 14.0. The third-order valence-electron chi connectivity index (χ3n) is 13.5. The van der Waals surface area contributed by atoms with Gasteiger partial charge >= 0.3 is 0 Å². The number of amides is 1. The van der Waals surface area contributed by atoms with E-state index in [4.69, 9.17) is 19.5 Å². The lowest BCUT2D eigenvalue weighted by molar-refractivity contribution is -0.124. The van der Waals surface area contributed by atoms with Crippen molar-refractivity contribution in [2.45, 2.75) is 105 Å². The van der Waals surface area contributed by atoms with Crippen molar-refractivity contribution in [3.05, 3.63) is 72.3 Å². The van der Waals surface area contributed by atoms with E-state index in [2.05, 4.69) is 100 Å². The number of hydrogen-bond acceptors (Lipinski definition) is 6. The van der Waals surface area contributed by atoms with E-state index >= 15 is 0 Å². The molecule has 1 amide bonds. The van der Waals surface area contributed by atoms with Gasteiger partial charge in [0.25, 0.3) is 0 Å². The number of imidazole rings is 1. The van der Waals surface area contributed by atoms with Crippen LogP contribution < -0.4 is 5.32 Å². The van der Waals surface area contributed by atoms with Gasteiger partial charge in [0.2, 0.25) is 5.91 Å². The SMILES string of the molecule is CC(C)(C)[C@H](NC(=O)C1CC12CCOCC2)C1=NC=C(c2ccc(-c3ccc(-c4cnc([C@@H](CC(=O)C5CC56CCOCC6)C(C)(C)C)[nH]4)cc3)cc2)C1. The third-order valence-corrected chi connectivity index (χ3v) is 13.5. The van der Waals surface area contributed by atoms with Crippen LogP contribution in [0, 0.1) is 33.5 Å². The van der Waals surface area contributed by atoms with Crippen LogP contribution in [0.15, 0.2) is 65.9 Å². The molecule has 3 aromatic rings. The van der Waals surface area contributed by atoms with Crippen LogP contribution in [0.1, 0.15) is 110 Å². The second-order valence-corrected chi connectivity index (χ2v) is 19.1. The monoisotopic (exact) mass is 730 g/mol. The van der Waals surface area contributed by atoms with Gasteiger partial charge in [-0.1, -0.05) is 90.1 Å². The predicted octanol–water partition coefficient (Wildman–Crippen LogP) is 9.18. The number of carbonyl (C=O) groups excluding carboxylic acids is 2. The summed E-state index contributed by atoms with van der Waals surface area (Å²) in [6, 6.07) is 17.2. The van der Waals surface area contributed by atoms with Gasteiger partial charge in [-0.2, -0.15) is 0 Å². The van der Waals surface area contributed by atoms with Crippen molar-refractivity contribution >= 4 is 23.0 Å². The van der Waals surface area contributed by atoms with Crippen LogP contribution in [0.2, 0.25) is 0 Å². The van der Waals surface area contributed by atoms with Crippen LogP contribution >= 0.6 is 0 Å². The van der Waals surface area contributed by atoms with Crippen LogP contribution in [0.5, 0.6) is 0 Å². The summed E-state index contributed by atoms with van der Waals surface area (Å²) >= 11 is 0. The zero-order valence-corrected chi connectivity index (χ0v) is 33.1. The number of rotatable bonds is 10. The van der Waals surface area contributed by atoms with Crippen LogP contribution in [0.25, 0.3) is 28.0 Å². The first kappa shape index (κ1) is 37.1. The number of nitrogens with one attached hydrogen (secondary N) is 2. The number of carbonyl (C=O) groups is 2. The first-order valence-electron chi connectivity index (χ1n) is 20.3. The Morgan fingerprint density at radius 1 is 0.778 bits per heavy atom. The third kappa shape index (κ3) is 7.40. The Morgan fingerprint density at radius 3 is 1.89 bits per heavy atom. The van der Waals surface area contributed by atoms with Gasteiger partial charge in [-0.05, 0) is 88.0 Å². The molecule has 4 atom stereocenters. The van der Waals surface area contributed by atoms with Gasteiger partial charge in [0.1, 0.15) is 11.6 Å². The van der Waals surface area contributed by atoms with Gasteiger partial charge in [-0.3, -0.25) is 14.6 Å². The van der Waals surface area contributed by atoms with Gasteiger partial charge < -0.3 is 19.8 Å². The first-order valence-corrected chi connectivity index (χ1v) is 20.3. The zero-order chi connectivity index (χ0) is 37.9. The number of allylic oxidation sites excluding steroid dienone is 1. The molecule has 1 aromatic heterocycles. The van der Waals surface area contributed by atoms with E-state index in [1.165, 1.54) is 5.57 Å². The van der Waals surface area contributed by atoms with Crippen molar-refractivity contribution in [1.82, 2.24) is 15.3 Å². The fraction of sp³-hybridized carbons (Fsp3) is 0.565. The molecule has 2 aliphatic carbocycles. The predicted molar refractivity (Wildman–Crippen MR) is 214 cm³/mol. The summed E-state index contributed by atoms with van der Waals surface area (Å²) in [5, 5.41) is 3.42. The summed E-state index contributed by atoms with van der Waals surface area (Å²) in [6.45, 7) is 16.3. The van der Waals surface area contributed by atoms with Gasteiger partial charge in [-0.25, -0.2) is 4.98 Å². The number of ketones is 1. The minimum atomic E-state index is -0.151. The van der Waals surface area contributed by atoms with Crippen LogP contribution in [0.3, 0.4) is 0 Å². The lowest BCUT2D eigenvalue weighted by atomic mass is 9.76. The summed E-state index contributed by atoms with van der Waals surface area (Å²) < 4.78 is 11.2. The smallest absolute Gasteiger partial charge is 0.224 e. The number of ether oxygens (including phenoxy) is 2. The highest BCUT2D eigenvalue weighted by Crippen LogP contribution is 2.61. The first-order chi connectivity index (χ1) is 25.7. The molecule has 2 N–H and O–H groups in total. The molecule has 3 aliphatic heterocycles. The Balaban J connectivity index is 0.887. The maximum Gasteiger partial charge on any atom is 0.224 e. The second-order valence-electron chi connectivity index (χ2n) is 19.1. The van der Waals surface area contributed by atoms with Crippen molar-refractivity contribution in [3.63, 3.8) is 0 Å². The molecule has 8 rings (SSSR count). The standard InChI is InChI=1S/C46H58N4O4/c1-43(2,3)34(24-39(51)35-25-45(35)15-19-53-20-16-45)41-48-28-38(49-41)32-13-11-30(12-14-32)29-7-9-31(10-8-29)33-23-37(47-27-33)40(44(4,5)6)50-42(52)36-26-46(36)17-21-54-22-18-46/h7-14,27-28,34-36,40H,15-26H2,1-6H3,(H,48,49)(H,50,52)/t34-,35?,36?,40-/m1/s1. The largest absolute Gasteiger partial charge is 0.381 e. The van der Waals surface area contributed by atoms with Crippen LogP contribution in [0.4, 0.5) is 0 Å². The molecular formula is C46H58N4O4. The molecule has 8 heteroatoms. The van der Waals surface area contributed by atoms with E-state index in [-0.39, 0.29) is 51.4 Å². The molecule has 2 spiro atoms. The lowest BCUT2D eigenvalue weighted by Gasteiger charge is -2.32. The molecular weight excluding hydrogens is 673 g/mol. The van der Waals surface area contributed by atoms with E-state index in [0.717, 1.165) is 111 Å². The molecule has 2 aromatic carbocycles. The number of Topliss-reactive ketones (excluding diaryl/α,β-unsaturated/α-hetero) is 1. The highest BCUT2D eigenvalue weighted by molar-refractivity contribution is 6.04. The average Bonchev–Trinajstić information content (AvgIpc) is 3.82. The van der Waals surface area contributed by atoms with Gasteiger partial charge in [0.05, 0.1) is 17.9 Å². The average molecular weight is 731 g/mol. The molecule has 54 heavy (non-hydrogen) atoms. The Kier molecular flexibility index (Phi) is 9.61. The molecule has 0 bridgehead atoms. The number of aromatic amines is 1. The lowest BCUT2D eigenvalue weighted by Crippen LogP contribution is -2.49. The summed E-state index contributed by atoms with van der Waals surface area (Å²) in [5.74, 6) is 1.76. The molecule has 8 nitrogen and oxygen atoms in total. The topological polar surface area (TPSA) is 106 Å². The molecule has 4 fully saturated rings. The quantitative estimate of drug-likeness (QED) is 0.217. The van der Waals surface area contributed by atoms with E-state index in [0.29, 0.717) is 12.2 Å². The van der Waals surface area contributed by atoms with Crippen molar-refractivity contribution in [1.29, 1.82) is 0 Å². The molecule has 5 aliphatic rings. The molecule has 286 valence electrons. The maximum absolute atomic E-state index is 13.5. The fourth-order valence-corrected chi connectivity index (χ4v) is 9.56. The zero-order valence-electron chi connectivity index (χ0n) is 33.1. The Hall–Kier alpha value is -3.88. The Bertz CT molecular complexity index is 1930. The highest BCUT2D eigenvalue weighted by Gasteiger charge is 2.59. The van der Waals surface area contributed by atoms with Crippen molar-refractivity contribution in [2.24, 2.45) is 38.5 Å². The molecule has 0 radical (unpaired) electrons. The molecule has 4 heterocycles. The summed E-state index contributed by atoms with van der Waals surface area (Å²) in [4.78, 5) is 40.3. The van der Waals surface area contributed by atoms with Gasteiger partial charge in [0.15, 0.2) is 0 Å². The van der Waals surface area contributed by atoms with E-state index in [1.807, 2.05) is 12.4 Å². The fourth-order valence-electron chi connectivity index (χ4n) is 9.56. The number of benzene rings is 2. The van der Waals surface area contributed by atoms with E-state index < -0.39 is 0 Å². The summed E-state index contributed by atoms with van der Waals surface area (Å²) in [5.41, 5.74) is 7.78. The minimum absolute atomic E-state index is 0.0241. The van der Waals surface area contributed by atoms with Crippen LogP contribution in [-0.4, -0.2) is 59.8 Å². The normalized spacial score (nSPS) is 24.1. The van der Waals surface area contributed by atoms with E-state index in [1.54, 1.807) is 0 Å². The van der Waals surface area contributed by atoms with Crippen molar-refractivity contribution in [2.75, 3.05) is 26.4 Å². The molecule has 2 unspecified atom stereocenters.